The number of cyclic esters (lactones) is 1. The first-order chi connectivity index (χ1) is 14.0. The Morgan fingerprint density at radius 2 is 1.97 bits per heavy atom. The van der Waals surface area contributed by atoms with E-state index in [1.807, 2.05) is 0 Å². The normalized spacial score (nSPS) is 17.6. The lowest BCUT2D eigenvalue weighted by molar-refractivity contribution is -0.133. The van der Waals surface area contributed by atoms with Crippen LogP contribution < -0.4 is 5.69 Å². The second-order valence-corrected chi connectivity index (χ2v) is 7.30. The van der Waals surface area contributed by atoms with Crippen molar-refractivity contribution in [2.24, 2.45) is 5.92 Å². The van der Waals surface area contributed by atoms with Crippen molar-refractivity contribution in [2.75, 3.05) is 32.8 Å². The molecule has 154 valence electrons. The van der Waals surface area contributed by atoms with E-state index in [0.29, 0.717) is 38.5 Å². The van der Waals surface area contributed by atoms with E-state index in [-0.39, 0.29) is 24.1 Å². The van der Waals surface area contributed by atoms with Crippen LogP contribution in [0, 0.1) is 11.7 Å². The van der Waals surface area contributed by atoms with Gasteiger partial charge in [0.2, 0.25) is 5.91 Å². The van der Waals surface area contributed by atoms with Crippen molar-refractivity contribution in [2.45, 2.75) is 19.3 Å². The number of aromatic amines is 1. The Morgan fingerprint density at radius 3 is 2.66 bits per heavy atom. The molecule has 0 atom stereocenters. The summed E-state index contributed by atoms with van der Waals surface area (Å²) in [6, 6.07) is 6.08. The highest BCUT2D eigenvalue weighted by atomic mass is 19.1. The molecule has 2 amide bonds. The summed E-state index contributed by atoms with van der Waals surface area (Å²) in [5.74, 6) is 0.115. The van der Waals surface area contributed by atoms with Crippen LogP contribution in [0.25, 0.3) is 5.69 Å². The highest BCUT2D eigenvalue weighted by molar-refractivity contribution is 5.83. The molecule has 0 saturated carbocycles. The Hall–Kier alpha value is -3.17. The first-order valence-electron chi connectivity index (χ1n) is 9.63. The van der Waals surface area contributed by atoms with Gasteiger partial charge in [-0.1, -0.05) is 12.1 Å². The number of para-hydroxylation sites is 1. The highest BCUT2D eigenvalue weighted by Crippen LogP contribution is 2.22. The van der Waals surface area contributed by atoms with Crippen LogP contribution in [0.5, 0.6) is 0 Å². The first-order valence-corrected chi connectivity index (χ1v) is 9.63. The van der Waals surface area contributed by atoms with Crippen molar-refractivity contribution in [1.82, 2.24) is 24.6 Å². The molecule has 0 bridgehead atoms. The number of piperidine rings is 1. The molecule has 9 nitrogen and oxygen atoms in total. The van der Waals surface area contributed by atoms with Gasteiger partial charge in [-0.15, -0.1) is 0 Å². The topological polar surface area (TPSA) is 101 Å². The monoisotopic (exact) mass is 403 g/mol. The second kappa shape index (κ2) is 8.06. The zero-order chi connectivity index (χ0) is 20.4. The minimum Gasteiger partial charge on any atom is -0.448 e. The van der Waals surface area contributed by atoms with Crippen molar-refractivity contribution in [1.29, 1.82) is 0 Å². The summed E-state index contributed by atoms with van der Waals surface area (Å²) < 4.78 is 20.3. The van der Waals surface area contributed by atoms with E-state index >= 15 is 0 Å². The van der Waals surface area contributed by atoms with Crippen LogP contribution in [-0.4, -0.2) is 69.4 Å². The van der Waals surface area contributed by atoms with Gasteiger partial charge in [0.15, 0.2) is 0 Å². The summed E-state index contributed by atoms with van der Waals surface area (Å²) in [4.78, 5) is 39.2. The van der Waals surface area contributed by atoms with E-state index in [9.17, 15) is 18.8 Å². The molecule has 10 heteroatoms. The van der Waals surface area contributed by atoms with E-state index in [1.54, 1.807) is 23.1 Å². The van der Waals surface area contributed by atoms with Crippen LogP contribution in [0.4, 0.5) is 9.18 Å². The zero-order valence-electron chi connectivity index (χ0n) is 15.8. The summed E-state index contributed by atoms with van der Waals surface area (Å²) in [5, 5.41) is 6.48. The number of hydrogen-bond acceptors (Lipinski definition) is 5. The molecule has 0 spiro atoms. The third-order valence-electron chi connectivity index (χ3n) is 5.44. The van der Waals surface area contributed by atoms with Gasteiger partial charge in [-0.05, 0) is 30.9 Å². The quantitative estimate of drug-likeness (QED) is 0.801. The third kappa shape index (κ3) is 4.01. The number of carbonyl (C=O) groups is 2. The maximum absolute atomic E-state index is 14.1. The molecule has 1 N–H and O–H groups in total. The first kappa shape index (κ1) is 19.2. The third-order valence-corrected chi connectivity index (χ3v) is 5.44. The number of nitrogens with zero attached hydrogens (tertiary/aromatic N) is 4. The molecule has 1 aromatic heterocycles. The smallest absolute Gasteiger partial charge is 0.410 e. The Bertz CT molecular complexity index is 964. The van der Waals surface area contributed by atoms with Crippen LogP contribution in [0.1, 0.15) is 18.7 Å². The number of halogens is 1. The minimum atomic E-state index is -0.488. The van der Waals surface area contributed by atoms with E-state index in [0.717, 1.165) is 12.8 Å². The van der Waals surface area contributed by atoms with Gasteiger partial charge in [0.1, 0.15) is 24.8 Å². The fraction of sp³-hybridized carbons (Fsp3) is 0.474. The SMILES string of the molecule is O=C(CN1CCOC1=O)N1CCC(Cc2n[nH]c(=O)n2-c2ccccc2F)CC1. The molecule has 2 aliphatic heterocycles. The fourth-order valence-electron chi connectivity index (χ4n) is 3.83. The van der Waals surface area contributed by atoms with Crippen LogP contribution in [0.3, 0.4) is 0 Å². The van der Waals surface area contributed by atoms with Crippen molar-refractivity contribution in [3.05, 3.63) is 46.4 Å². The number of aromatic nitrogens is 3. The predicted molar refractivity (Wildman–Crippen MR) is 100 cm³/mol. The van der Waals surface area contributed by atoms with Crippen LogP contribution >= 0.6 is 0 Å². The molecule has 1 aromatic carbocycles. The van der Waals surface area contributed by atoms with Gasteiger partial charge in [0.05, 0.1) is 12.2 Å². The van der Waals surface area contributed by atoms with E-state index in [2.05, 4.69) is 10.2 Å². The minimum absolute atomic E-state index is 0.0374. The fourth-order valence-corrected chi connectivity index (χ4v) is 3.83. The molecule has 2 saturated heterocycles. The van der Waals surface area contributed by atoms with Gasteiger partial charge in [0, 0.05) is 19.5 Å². The molecular weight excluding hydrogens is 381 g/mol. The standard InChI is InChI=1S/C19H22FN5O4/c20-14-3-1-2-4-15(14)25-16(21-22-18(25)27)11-13-5-7-23(8-6-13)17(26)12-24-9-10-29-19(24)28/h1-4,13H,5-12H2,(H,22,27). The van der Waals surface area contributed by atoms with E-state index in [1.165, 1.54) is 15.5 Å². The summed E-state index contributed by atoms with van der Waals surface area (Å²) in [5.41, 5.74) is -0.304. The molecule has 2 aromatic rings. The van der Waals surface area contributed by atoms with Crippen LogP contribution in [-0.2, 0) is 16.0 Å². The number of nitrogens with one attached hydrogen (secondary N) is 1. The van der Waals surface area contributed by atoms with E-state index < -0.39 is 17.6 Å². The van der Waals surface area contributed by atoms with Gasteiger partial charge in [-0.2, -0.15) is 5.10 Å². The number of amides is 2. The number of likely N-dealkylation sites (tertiary alicyclic amines) is 1. The van der Waals surface area contributed by atoms with Gasteiger partial charge >= 0.3 is 11.8 Å². The van der Waals surface area contributed by atoms with Gasteiger partial charge in [0.25, 0.3) is 0 Å². The molecule has 2 fully saturated rings. The predicted octanol–water partition coefficient (Wildman–Crippen LogP) is 0.933. The zero-order valence-corrected chi connectivity index (χ0v) is 15.8. The summed E-state index contributed by atoms with van der Waals surface area (Å²) >= 11 is 0. The number of benzene rings is 1. The molecule has 0 unspecified atom stereocenters. The molecule has 0 radical (unpaired) electrons. The van der Waals surface area contributed by atoms with Crippen LogP contribution in [0.15, 0.2) is 29.1 Å². The number of hydrogen-bond donors (Lipinski definition) is 1. The lowest BCUT2D eigenvalue weighted by atomic mass is 9.93. The van der Waals surface area contributed by atoms with Crippen LogP contribution in [0.2, 0.25) is 0 Å². The van der Waals surface area contributed by atoms with Gasteiger partial charge in [-0.25, -0.2) is 23.6 Å². The molecular formula is C19H22FN5O4. The average molecular weight is 403 g/mol. The number of H-pyrrole nitrogens is 1. The molecule has 2 aliphatic rings. The average Bonchev–Trinajstić information content (AvgIpc) is 3.28. The Kier molecular flexibility index (Phi) is 5.32. The molecule has 4 rings (SSSR count). The second-order valence-electron chi connectivity index (χ2n) is 7.30. The Balaban J connectivity index is 1.37. The Morgan fingerprint density at radius 1 is 1.21 bits per heavy atom. The van der Waals surface area contributed by atoms with Crippen molar-refractivity contribution in [3.8, 4) is 5.69 Å². The summed E-state index contributed by atoms with van der Waals surface area (Å²) in [6.45, 7) is 1.94. The van der Waals surface area contributed by atoms with E-state index in [4.69, 9.17) is 4.74 Å². The van der Waals surface area contributed by atoms with Crippen molar-refractivity contribution in [3.63, 3.8) is 0 Å². The number of carbonyl (C=O) groups excluding carboxylic acids is 2. The maximum atomic E-state index is 14.1. The molecule has 0 aliphatic carbocycles. The number of ether oxygens (including phenoxy) is 1. The Labute approximate surface area is 166 Å². The van der Waals surface area contributed by atoms with Crippen molar-refractivity contribution >= 4 is 12.0 Å². The van der Waals surface area contributed by atoms with Gasteiger partial charge in [-0.3, -0.25) is 9.69 Å². The molecule has 3 heterocycles. The lowest BCUT2D eigenvalue weighted by Crippen LogP contribution is -2.44. The van der Waals surface area contributed by atoms with Gasteiger partial charge < -0.3 is 9.64 Å². The largest absolute Gasteiger partial charge is 0.448 e. The number of rotatable bonds is 5. The lowest BCUT2D eigenvalue weighted by Gasteiger charge is -2.32. The summed E-state index contributed by atoms with van der Waals surface area (Å²) in [6.07, 6.45) is 1.55. The highest BCUT2D eigenvalue weighted by Gasteiger charge is 2.29. The van der Waals surface area contributed by atoms with Crippen molar-refractivity contribution < 1.29 is 18.7 Å². The summed E-state index contributed by atoms with van der Waals surface area (Å²) in [7, 11) is 0. The maximum Gasteiger partial charge on any atom is 0.410 e. The molecule has 29 heavy (non-hydrogen) atoms.